The van der Waals surface area contributed by atoms with Gasteiger partial charge in [-0.15, -0.1) is 0 Å². The Morgan fingerprint density at radius 2 is 1.86 bits per heavy atom. The fourth-order valence-electron chi connectivity index (χ4n) is 2.61. The van der Waals surface area contributed by atoms with E-state index in [0.29, 0.717) is 0 Å². The topological polar surface area (TPSA) is 74.7 Å². The van der Waals surface area contributed by atoms with Gasteiger partial charge in [-0.05, 0) is 12.1 Å². The standard InChI is InChI=1S/C13H14F3NO4S/c1-22(20,21)11-5-3-2-4-10(11)17-6-8(12(18)19)9(7-17)13(14,15)16/h2-5,8-9H,6-7H2,1H3,(H,18,19)/t8-,9-/m1/s1. The van der Waals surface area contributed by atoms with Crippen molar-refractivity contribution in [3.8, 4) is 0 Å². The summed E-state index contributed by atoms with van der Waals surface area (Å²) in [4.78, 5) is 12.1. The molecule has 0 radical (unpaired) electrons. The molecule has 0 aromatic heterocycles. The van der Waals surface area contributed by atoms with Gasteiger partial charge in [0.2, 0.25) is 0 Å². The number of carboxylic acids is 1. The summed E-state index contributed by atoms with van der Waals surface area (Å²) in [6.45, 7) is -0.959. The largest absolute Gasteiger partial charge is 0.481 e. The summed E-state index contributed by atoms with van der Waals surface area (Å²) >= 11 is 0. The van der Waals surface area contributed by atoms with Crippen LogP contribution in [-0.4, -0.2) is 45.0 Å². The number of anilines is 1. The number of halogens is 3. The van der Waals surface area contributed by atoms with Gasteiger partial charge < -0.3 is 10.0 Å². The van der Waals surface area contributed by atoms with Crippen LogP contribution in [0.25, 0.3) is 0 Å². The Balaban J connectivity index is 2.43. The highest BCUT2D eigenvalue weighted by Gasteiger charge is 2.53. The van der Waals surface area contributed by atoms with Crippen LogP contribution in [0.2, 0.25) is 0 Å². The Bertz CT molecular complexity index is 687. The second-order valence-electron chi connectivity index (χ2n) is 5.24. The molecule has 9 heteroatoms. The third kappa shape index (κ3) is 3.18. The maximum absolute atomic E-state index is 13.0. The number of carbonyl (C=O) groups is 1. The van der Waals surface area contributed by atoms with E-state index in [9.17, 15) is 26.4 Å². The molecule has 0 amide bonds. The third-order valence-electron chi connectivity index (χ3n) is 3.66. The van der Waals surface area contributed by atoms with Gasteiger partial charge in [-0.2, -0.15) is 13.2 Å². The fraction of sp³-hybridized carbons (Fsp3) is 0.462. The predicted octanol–water partition coefficient (Wildman–Crippen LogP) is 1.79. The molecule has 2 atom stereocenters. The van der Waals surface area contributed by atoms with E-state index >= 15 is 0 Å². The van der Waals surface area contributed by atoms with Crippen molar-refractivity contribution in [3.05, 3.63) is 24.3 Å². The van der Waals surface area contributed by atoms with Gasteiger partial charge in [0.15, 0.2) is 9.84 Å². The van der Waals surface area contributed by atoms with Crippen molar-refractivity contribution >= 4 is 21.5 Å². The second-order valence-corrected chi connectivity index (χ2v) is 7.22. The van der Waals surface area contributed by atoms with Crippen LogP contribution in [0.3, 0.4) is 0 Å². The van der Waals surface area contributed by atoms with Crippen molar-refractivity contribution in [1.82, 2.24) is 0 Å². The molecule has 22 heavy (non-hydrogen) atoms. The zero-order chi connectivity index (χ0) is 16.7. The number of alkyl halides is 3. The molecule has 0 aliphatic carbocycles. The molecule has 0 unspecified atom stereocenters. The molecular formula is C13H14F3NO4S. The number of nitrogens with zero attached hydrogens (tertiary/aromatic N) is 1. The van der Waals surface area contributed by atoms with Crippen LogP contribution in [-0.2, 0) is 14.6 Å². The summed E-state index contributed by atoms with van der Waals surface area (Å²) in [6, 6.07) is 5.64. The molecule has 1 aromatic rings. The molecule has 0 spiro atoms. The molecule has 2 rings (SSSR count). The minimum atomic E-state index is -4.65. The van der Waals surface area contributed by atoms with Crippen LogP contribution in [0, 0.1) is 11.8 Å². The number of aliphatic carboxylic acids is 1. The number of hydrogen-bond donors (Lipinski definition) is 1. The first-order valence-electron chi connectivity index (χ1n) is 6.35. The van der Waals surface area contributed by atoms with Crippen molar-refractivity contribution in [2.45, 2.75) is 11.1 Å². The maximum Gasteiger partial charge on any atom is 0.394 e. The van der Waals surface area contributed by atoms with Crippen LogP contribution in [0.1, 0.15) is 0 Å². The molecule has 1 fully saturated rings. The van der Waals surface area contributed by atoms with Gasteiger partial charge >= 0.3 is 12.1 Å². The van der Waals surface area contributed by atoms with E-state index in [-0.39, 0.29) is 17.1 Å². The first-order valence-corrected chi connectivity index (χ1v) is 8.24. The van der Waals surface area contributed by atoms with Crippen molar-refractivity contribution < 1.29 is 31.5 Å². The van der Waals surface area contributed by atoms with Gasteiger partial charge in [0.1, 0.15) is 0 Å². The minimum absolute atomic E-state index is 0.100. The molecule has 1 aromatic carbocycles. The smallest absolute Gasteiger partial charge is 0.394 e. The molecule has 0 saturated carbocycles. The molecule has 1 heterocycles. The number of benzene rings is 1. The van der Waals surface area contributed by atoms with E-state index in [1.807, 2.05) is 0 Å². The number of para-hydroxylation sites is 1. The highest BCUT2D eigenvalue weighted by molar-refractivity contribution is 7.90. The quantitative estimate of drug-likeness (QED) is 0.910. The van der Waals surface area contributed by atoms with Gasteiger partial charge in [0, 0.05) is 19.3 Å². The van der Waals surface area contributed by atoms with Crippen LogP contribution in [0.4, 0.5) is 18.9 Å². The Kier molecular flexibility index (Phi) is 4.12. The highest BCUT2D eigenvalue weighted by Crippen LogP contribution is 2.40. The van der Waals surface area contributed by atoms with Crippen LogP contribution < -0.4 is 4.90 Å². The summed E-state index contributed by atoms with van der Waals surface area (Å²) < 4.78 is 62.4. The zero-order valence-electron chi connectivity index (χ0n) is 11.5. The molecular weight excluding hydrogens is 323 g/mol. The first-order chi connectivity index (χ1) is 10.0. The summed E-state index contributed by atoms with van der Waals surface area (Å²) in [5, 5.41) is 9.00. The molecule has 1 N–H and O–H groups in total. The Morgan fingerprint density at radius 1 is 1.27 bits per heavy atom. The lowest BCUT2D eigenvalue weighted by Gasteiger charge is -2.21. The Labute approximate surface area is 125 Å². The summed E-state index contributed by atoms with van der Waals surface area (Å²) in [7, 11) is -3.63. The Hall–Kier alpha value is -1.77. The zero-order valence-corrected chi connectivity index (χ0v) is 12.4. The summed E-state index contributed by atoms with van der Waals surface area (Å²) in [6.07, 6.45) is -3.70. The van der Waals surface area contributed by atoms with Crippen molar-refractivity contribution in [3.63, 3.8) is 0 Å². The molecule has 1 aliphatic rings. The second kappa shape index (κ2) is 5.45. The van der Waals surface area contributed by atoms with Gasteiger partial charge in [-0.1, -0.05) is 12.1 Å². The average molecular weight is 337 g/mol. The SMILES string of the molecule is CS(=O)(=O)c1ccccc1N1C[C@@H](C(F)(F)F)[C@H](C(=O)O)C1. The van der Waals surface area contributed by atoms with Crippen LogP contribution in [0.15, 0.2) is 29.2 Å². The van der Waals surface area contributed by atoms with Crippen molar-refractivity contribution in [1.29, 1.82) is 0 Å². The fourth-order valence-corrected chi connectivity index (χ4v) is 3.52. The number of sulfone groups is 1. The first kappa shape index (κ1) is 16.6. The highest BCUT2D eigenvalue weighted by atomic mass is 32.2. The molecule has 0 bridgehead atoms. The van der Waals surface area contributed by atoms with E-state index in [2.05, 4.69) is 0 Å². The van der Waals surface area contributed by atoms with E-state index in [1.165, 1.54) is 29.2 Å². The number of carboxylic acid groups (broad SMARTS) is 1. The Morgan fingerprint density at radius 3 is 2.32 bits per heavy atom. The predicted molar refractivity (Wildman–Crippen MR) is 72.4 cm³/mol. The molecule has 1 aliphatic heterocycles. The lowest BCUT2D eigenvalue weighted by molar-refractivity contribution is -0.187. The monoisotopic (exact) mass is 337 g/mol. The molecule has 122 valence electrons. The summed E-state index contributed by atoms with van der Waals surface area (Å²) in [5.74, 6) is -5.19. The van der Waals surface area contributed by atoms with Gasteiger partial charge in [-0.3, -0.25) is 4.79 Å². The van der Waals surface area contributed by atoms with E-state index in [1.54, 1.807) is 0 Å². The van der Waals surface area contributed by atoms with E-state index in [0.717, 1.165) is 6.26 Å². The minimum Gasteiger partial charge on any atom is -0.481 e. The van der Waals surface area contributed by atoms with E-state index < -0.39 is 40.4 Å². The van der Waals surface area contributed by atoms with Gasteiger partial charge in [0.25, 0.3) is 0 Å². The summed E-state index contributed by atoms with van der Waals surface area (Å²) in [5.41, 5.74) is 0.100. The average Bonchev–Trinajstić information content (AvgIpc) is 2.82. The van der Waals surface area contributed by atoms with Crippen LogP contribution >= 0.6 is 0 Å². The third-order valence-corrected chi connectivity index (χ3v) is 4.81. The van der Waals surface area contributed by atoms with Crippen molar-refractivity contribution in [2.24, 2.45) is 11.8 Å². The lowest BCUT2D eigenvalue weighted by atomic mass is 9.96. The number of rotatable bonds is 3. The normalized spacial score (nSPS) is 22.8. The van der Waals surface area contributed by atoms with E-state index in [4.69, 9.17) is 5.11 Å². The number of hydrogen-bond acceptors (Lipinski definition) is 4. The lowest BCUT2D eigenvalue weighted by Crippen LogP contribution is -2.33. The van der Waals surface area contributed by atoms with Crippen molar-refractivity contribution in [2.75, 3.05) is 24.2 Å². The maximum atomic E-state index is 13.0. The van der Waals surface area contributed by atoms with Gasteiger partial charge in [-0.25, -0.2) is 8.42 Å². The molecule has 1 saturated heterocycles. The van der Waals surface area contributed by atoms with Gasteiger partial charge in [0.05, 0.1) is 22.4 Å². The molecule has 5 nitrogen and oxygen atoms in total. The van der Waals surface area contributed by atoms with Crippen LogP contribution in [0.5, 0.6) is 0 Å².